The molecule has 2 bridgehead atoms. The number of hydrogen-bond donors (Lipinski definition) is 1. The van der Waals surface area contributed by atoms with Gasteiger partial charge in [0.15, 0.2) is 5.82 Å². The fourth-order valence-corrected chi connectivity index (χ4v) is 4.48. The summed E-state index contributed by atoms with van der Waals surface area (Å²) in [4.78, 5) is 10.7. The number of anilines is 2. The van der Waals surface area contributed by atoms with Crippen LogP contribution in [0.2, 0.25) is 5.02 Å². The average Bonchev–Trinajstić information content (AvgIpc) is 2.95. The van der Waals surface area contributed by atoms with Crippen LogP contribution < -0.4 is 10.6 Å². The highest BCUT2D eigenvalue weighted by Crippen LogP contribution is 2.41. The van der Waals surface area contributed by atoms with Crippen molar-refractivity contribution in [2.24, 2.45) is 0 Å². The van der Waals surface area contributed by atoms with Crippen LogP contribution in [0, 0.1) is 11.6 Å². The van der Waals surface area contributed by atoms with Crippen LogP contribution in [0.3, 0.4) is 0 Å². The van der Waals surface area contributed by atoms with Crippen LogP contribution in [0.4, 0.5) is 20.3 Å². The Kier molecular flexibility index (Phi) is 4.10. The van der Waals surface area contributed by atoms with Crippen LogP contribution in [0.1, 0.15) is 12.8 Å². The summed E-state index contributed by atoms with van der Waals surface area (Å²) < 4.78 is 34.2. The van der Waals surface area contributed by atoms with Gasteiger partial charge in [0, 0.05) is 22.2 Å². The fourth-order valence-electron chi connectivity index (χ4n) is 4.31. The number of nitrogens with two attached hydrogens (primary N) is 1. The van der Waals surface area contributed by atoms with Crippen molar-refractivity contribution in [3.8, 4) is 11.1 Å². The summed E-state index contributed by atoms with van der Waals surface area (Å²) >= 11 is 5.83. The van der Waals surface area contributed by atoms with Gasteiger partial charge in [0.1, 0.15) is 23.0 Å². The van der Waals surface area contributed by atoms with Crippen LogP contribution in [0.25, 0.3) is 22.0 Å². The number of halogens is 3. The van der Waals surface area contributed by atoms with Crippen LogP contribution in [-0.4, -0.2) is 35.3 Å². The number of morpholine rings is 1. The minimum atomic E-state index is -0.817. The summed E-state index contributed by atoms with van der Waals surface area (Å²) in [5.41, 5.74) is 8.19. The van der Waals surface area contributed by atoms with Crippen LogP contribution >= 0.6 is 11.6 Å². The smallest absolute Gasteiger partial charge is 0.152 e. The Balaban J connectivity index is 1.77. The van der Waals surface area contributed by atoms with Crippen LogP contribution in [0.15, 0.2) is 30.6 Å². The summed E-state index contributed by atoms with van der Waals surface area (Å²) in [6.45, 7) is 1.31. The summed E-state index contributed by atoms with van der Waals surface area (Å²) in [6, 6.07) is 6.86. The predicted octanol–water partition coefficient (Wildman–Crippen LogP) is 4.18. The van der Waals surface area contributed by atoms with E-state index in [4.69, 9.17) is 22.1 Å². The van der Waals surface area contributed by atoms with E-state index in [0.717, 1.165) is 24.6 Å². The molecule has 2 atom stereocenters. The van der Waals surface area contributed by atoms with Gasteiger partial charge in [-0.05, 0) is 37.1 Å². The highest BCUT2D eigenvalue weighted by molar-refractivity contribution is 6.31. The van der Waals surface area contributed by atoms with E-state index in [1.807, 2.05) is 12.1 Å². The van der Waals surface area contributed by atoms with Crippen molar-refractivity contribution in [1.82, 2.24) is 9.97 Å². The van der Waals surface area contributed by atoms with Gasteiger partial charge >= 0.3 is 0 Å². The zero-order chi connectivity index (χ0) is 19.4. The SMILES string of the molecule is Nc1ncnc2c(-c3ccc(F)c(Cl)c3F)cc(N3[C@@H]4CC[C@@H]3COC4)cc12. The van der Waals surface area contributed by atoms with Gasteiger partial charge in [-0.2, -0.15) is 0 Å². The quantitative estimate of drug-likeness (QED) is 0.651. The summed E-state index contributed by atoms with van der Waals surface area (Å²) in [6.07, 6.45) is 3.41. The molecule has 1 aromatic heterocycles. The molecule has 8 heteroatoms. The molecule has 2 saturated heterocycles. The maximum atomic E-state index is 14.8. The lowest BCUT2D eigenvalue weighted by atomic mass is 9.99. The van der Waals surface area contributed by atoms with Crippen molar-refractivity contribution >= 4 is 34.0 Å². The van der Waals surface area contributed by atoms with E-state index >= 15 is 0 Å². The lowest BCUT2D eigenvalue weighted by Gasteiger charge is -2.37. The van der Waals surface area contributed by atoms with Gasteiger partial charge in [0.05, 0.1) is 30.8 Å². The molecule has 2 aliphatic rings. The van der Waals surface area contributed by atoms with E-state index in [9.17, 15) is 8.78 Å². The van der Waals surface area contributed by atoms with E-state index < -0.39 is 16.7 Å². The molecule has 2 fully saturated rings. The standard InChI is InChI=1S/C20H17ClF2N4O/c21-17-16(22)4-3-13(18(17)23)14-5-12(6-15-19(14)25-9-26-20(15)24)27-10-1-2-11(27)8-28-7-10/h3-6,9-11H,1-2,7-8H2,(H2,24,25,26)/t10-,11-/m1/s1. The van der Waals surface area contributed by atoms with Crippen molar-refractivity contribution in [3.63, 3.8) is 0 Å². The van der Waals surface area contributed by atoms with Crippen LogP contribution in [-0.2, 0) is 4.74 Å². The maximum Gasteiger partial charge on any atom is 0.152 e. The minimum absolute atomic E-state index is 0.178. The van der Waals surface area contributed by atoms with Gasteiger partial charge in [-0.25, -0.2) is 18.7 Å². The van der Waals surface area contributed by atoms with Crippen molar-refractivity contribution in [2.75, 3.05) is 23.8 Å². The molecule has 28 heavy (non-hydrogen) atoms. The molecule has 144 valence electrons. The van der Waals surface area contributed by atoms with E-state index in [-0.39, 0.29) is 17.6 Å². The number of rotatable bonds is 2. The monoisotopic (exact) mass is 402 g/mol. The lowest BCUT2D eigenvalue weighted by molar-refractivity contribution is 0.0907. The van der Waals surface area contributed by atoms with E-state index in [1.54, 1.807) is 0 Å². The lowest BCUT2D eigenvalue weighted by Crippen LogP contribution is -2.45. The molecule has 2 aromatic carbocycles. The third-order valence-corrected chi connectivity index (χ3v) is 5.96. The third-order valence-electron chi connectivity index (χ3n) is 5.62. The number of aromatic nitrogens is 2. The maximum absolute atomic E-state index is 14.8. The van der Waals surface area contributed by atoms with Crippen molar-refractivity contribution in [3.05, 3.63) is 47.2 Å². The topological polar surface area (TPSA) is 64.3 Å². The van der Waals surface area contributed by atoms with Gasteiger partial charge in [-0.1, -0.05) is 11.6 Å². The Bertz CT molecular complexity index is 1080. The second-order valence-electron chi connectivity index (χ2n) is 7.20. The number of ether oxygens (including phenoxy) is 1. The number of benzene rings is 2. The second-order valence-corrected chi connectivity index (χ2v) is 7.58. The molecule has 2 aliphatic heterocycles. The number of fused-ring (bicyclic) bond motifs is 3. The molecule has 0 amide bonds. The summed E-state index contributed by atoms with van der Waals surface area (Å²) in [5, 5.41) is 0.0882. The molecule has 0 saturated carbocycles. The molecule has 3 aromatic rings. The van der Waals surface area contributed by atoms with Gasteiger partial charge in [-0.3, -0.25) is 0 Å². The van der Waals surface area contributed by atoms with Crippen molar-refractivity contribution < 1.29 is 13.5 Å². The minimum Gasteiger partial charge on any atom is -0.383 e. The molecule has 2 N–H and O–H groups in total. The van der Waals surface area contributed by atoms with E-state index in [2.05, 4.69) is 14.9 Å². The number of nitrogens with zero attached hydrogens (tertiary/aromatic N) is 3. The zero-order valence-electron chi connectivity index (χ0n) is 14.8. The molecule has 0 aliphatic carbocycles. The summed E-state index contributed by atoms with van der Waals surface area (Å²) in [5.74, 6) is -1.31. The van der Waals surface area contributed by atoms with E-state index in [1.165, 1.54) is 12.4 Å². The van der Waals surface area contributed by atoms with Crippen LogP contribution in [0.5, 0.6) is 0 Å². The molecule has 3 heterocycles. The predicted molar refractivity (Wildman–Crippen MR) is 104 cm³/mol. The highest BCUT2D eigenvalue weighted by atomic mass is 35.5. The van der Waals surface area contributed by atoms with Gasteiger partial charge in [-0.15, -0.1) is 0 Å². The largest absolute Gasteiger partial charge is 0.383 e. The second kappa shape index (κ2) is 6.53. The number of hydrogen-bond acceptors (Lipinski definition) is 5. The Morgan fingerprint density at radius 3 is 2.57 bits per heavy atom. The Hall–Kier alpha value is -2.51. The average molecular weight is 403 g/mol. The van der Waals surface area contributed by atoms with Gasteiger partial charge in [0.2, 0.25) is 0 Å². The number of nitrogen functional groups attached to an aromatic ring is 1. The molecule has 0 radical (unpaired) electrons. The zero-order valence-corrected chi connectivity index (χ0v) is 15.6. The van der Waals surface area contributed by atoms with Crippen molar-refractivity contribution in [1.29, 1.82) is 0 Å². The van der Waals surface area contributed by atoms with Gasteiger partial charge < -0.3 is 15.4 Å². The molecular weight excluding hydrogens is 386 g/mol. The molecule has 5 rings (SSSR count). The Morgan fingerprint density at radius 2 is 1.82 bits per heavy atom. The fraction of sp³-hybridized carbons (Fsp3) is 0.300. The summed E-state index contributed by atoms with van der Waals surface area (Å²) in [7, 11) is 0. The Morgan fingerprint density at radius 1 is 1.07 bits per heavy atom. The Labute approximate surface area is 165 Å². The van der Waals surface area contributed by atoms with E-state index in [0.29, 0.717) is 35.5 Å². The first-order valence-electron chi connectivity index (χ1n) is 9.08. The third kappa shape index (κ3) is 2.61. The highest BCUT2D eigenvalue weighted by Gasteiger charge is 2.38. The molecule has 0 unspecified atom stereocenters. The van der Waals surface area contributed by atoms with Gasteiger partial charge in [0.25, 0.3) is 0 Å². The first kappa shape index (κ1) is 17.6. The molecular formula is C20H17ClF2N4O. The first-order chi connectivity index (χ1) is 13.5. The molecule has 5 nitrogen and oxygen atoms in total. The van der Waals surface area contributed by atoms with Crippen molar-refractivity contribution in [2.45, 2.75) is 24.9 Å². The normalized spacial score (nSPS) is 21.5. The molecule has 0 spiro atoms. The first-order valence-corrected chi connectivity index (χ1v) is 9.46.